The van der Waals surface area contributed by atoms with Crippen LogP contribution in [0.5, 0.6) is 0 Å². The molecule has 4 bridgehead atoms. The molecule has 3 N–H and O–H groups in total. The van der Waals surface area contributed by atoms with Gasteiger partial charge in [-0.25, -0.2) is 0 Å². The zero-order chi connectivity index (χ0) is 20.6. The SMILES string of the molecule is OCc1ccccc1Sc1ccccc1CNC(=S)NC12CC3CC(CC(C3)C1)C2. The van der Waals surface area contributed by atoms with Crippen molar-refractivity contribution >= 4 is 29.1 Å². The van der Waals surface area contributed by atoms with Gasteiger partial charge in [-0.15, -0.1) is 0 Å². The highest BCUT2D eigenvalue weighted by Crippen LogP contribution is 2.55. The lowest BCUT2D eigenvalue weighted by Gasteiger charge is -2.57. The molecule has 4 aliphatic rings. The number of hydrogen-bond donors (Lipinski definition) is 3. The molecule has 4 aliphatic carbocycles. The molecule has 0 heterocycles. The van der Waals surface area contributed by atoms with Crippen molar-refractivity contribution < 1.29 is 5.11 Å². The fraction of sp³-hybridized carbons (Fsp3) is 0.480. The average molecular weight is 439 g/mol. The van der Waals surface area contributed by atoms with E-state index in [1.807, 2.05) is 18.2 Å². The predicted molar refractivity (Wildman–Crippen MR) is 126 cm³/mol. The number of aliphatic hydroxyl groups is 1. The normalized spacial score (nSPS) is 29.0. The van der Waals surface area contributed by atoms with Crippen LogP contribution in [0.3, 0.4) is 0 Å². The van der Waals surface area contributed by atoms with E-state index >= 15 is 0 Å². The molecule has 3 nitrogen and oxygen atoms in total. The first kappa shape index (κ1) is 20.3. The Labute approximate surface area is 189 Å². The zero-order valence-electron chi connectivity index (χ0n) is 17.3. The lowest BCUT2D eigenvalue weighted by molar-refractivity contribution is -0.0101. The maximum atomic E-state index is 9.64. The maximum Gasteiger partial charge on any atom is 0.166 e. The summed E-state index contributed by atoms with van der Waals surface area (Å²) in [6.45, 7) is 0.769. The van der Waals surface area contributed by atoms with Crippen LogP contribution < -0.4 is 10.6 Å². The van der Waals surface area contributed by atoms with E-state index in [2.05, 4.69) is 41.0 Å². The van der Waals surface area contributed by atoms with Gasteiger partial charge in [-0.3, -0.25) is 0 Å². The second-order valence-electron chi connectivity index (χ2n) is 9.48. The number of benzene rings is 2. The molecule has 4 fully saturated rings. The summed E-state index contributed by atoms with van der Waals surface area (Å²) >= 11 is 7.45. The molecule has 0 aromatic heterocycles. The summed E-state index contributed by atoms with van der Waals surface area (Å²) in [4.78, 5) is 2.30. The van der Waals surface area contributed by atoms with Gasteiger partial charge in [0.05, 0.1) is 6.61 Å². The summed E-state index contributed by atoms with van der Waals surface area (Å²) in [6, 6.07) is 16.5. The standard InChI is InChI=1S/C25H30N2OS2/c28-16-21-6-2-4-8-23(21)30-22-7-3-1-5-20(22)15-26-24(29)27-25-12-17-9-18(13-25)11-19(10-17)14-25/h1-8,17-19,28H,9-16H2,(H2,26,27,29). The van der Waals surface area contributed by atoms with Crippen molar-refractivity contribution in [1.82, 2.24) is 10.6 Å². The second kappa shape index (κ2) is 8.52. The molecule has 0 amide bonds. The maximum absolute atomic E-state index is 9.64. The fourth-order valence-corrected chi connectivity index (χ4v) is 7.68. The summed E-state index contributed by atoms with van der Waals surface area (Å²) in [6.07, 6.45) is 8.23. The topological polar surface area (TPSA) is 44.3 Å². The third-order valence-electron chi connectivity index (χ3n) is 7.19. The molecule has 2 aromatic rings. The van der Waals surface area contributed by atoms with E-state index in [1.54, 1.807) is 11.8 Å². The van der Waals surface area contributed by atoms with Crippen molar-refractivity contribution in [2.75, 3.05) is 0 Å². The number of aliphatic hydroxyl groups excluding tert-OH is 1. The second-order valence-corrected chi connectivity index (χ2v) is 11.0. The largest absolute Gasteiger partial charge is 0.392 e. The van der Waals surface area contributed by atoms with Crippen LogP contribution >= 0.6 is 24.0 Å². The molecule has 0 atom stereocenters. The molecular weight excluding hydrogens is 408 g/mol. The molecule has 0 spiro atoms. The number of rotatable bonds is 6. The first-order valence-corrected chi connectivity index (χ1v) is 12.4. The van der Waals surface area contributed by atoms with Crippen LogP contribution in [-0.4, -0.2) is 15.8 Å². The van der Waals surface area contributed by atoms with Crippen LogP contribution in [0.2, 0.25) is 0 Å². The lowest BCUT2D eigenvalue weighted by Crippen LogP contribution is -2.61. The van der Waals surface area contributed by atoms with Gasteiger partial charge in [-0.05, 0) is 91.8 Å². The summed E-state index contributed by atoms with van der Waals surface area (Å²) in [5.74, 6) is 2.74. The molecule has 158 valence electrons. The van der Waals surface area contributed by atoms with Crippen molar-refractivity contribution in [3.63, 3.8) is 0 Å². The predicted octanol–water partition coefficient (Wildman–Crippen LogP) is 5.26. The Morgan fingerprint density at radius 3 is 2.03 bits per heavy atom. The van der Waals surface area contributed by atoms with E-state index in [0.717, 1.165) is 33.3 Å². The molecule has 4 saturated carbocycles. The van der Waals surface area contributed by atoms with Crippen LogP contribution in [0, 0.1) is 17.8 Å². The van der Waals surface area contributed by atoms with E-state index < -0.39 is 0 Å². The molecule has 0 radical (unpaired) electrons. The molecule has 5 heteroatoms. The number of thiocarbonyl (C=S) groups is 1. The van der Waals surface area contributed by atoms with E-state index in [4.69, 9.17) is 12.2 Å². The van der Waals surface area contributed by atoms with Gasteiger partial charge in [0, 0.05) is 21.9 Å². The van der Waals surface area contributed by atoms with Crippen LogP contribution in [0.4, 0.5) is 0 Å². The third-order valence-corrected chi connectivity index (χ3v) is 8.67. The van der Waals surface area contributed by atoms with Crippen LogP contribution in [-0.2, 0) is 13.2 Å². The zero-order valence-corrected chi connectivity index (χ0v) is 18.9. The summed E-state index contributed by atoms with van der Waals surface area (Å²) < 4.78 is 0. The fourth-order valence-electron chi connectivity index (χ4n) is 6.33. The molecule has 0 aliphatic heterocycles. The highest BCUT2D eigenvalue weighted by atomic mass is 32.2. The van der Waals surface area contributed by atoms with Gasteiger partial charge in [0.15, 0.2) is 5.11 Å². The van der Waals surface area contributed by atoms with E-state index in [1.165, 1.54) is 49.0 Å². The average Bonchev–Trinajstić information content (AvgIpc) is 2.72. The van der Waals surface area contributed by atoms with Gasteiger partial charge in [-0.1, -0.05) is 48.2 Å². The van der Waals surface area contributed by atoms with Gasteiger partial charge in [-0.2, -0.15) is 0 Å². The Balaban J connectivity index is 1.23. The quantitative estimate of drug-likeness (QED) is 0.537. The van der Waals surface area contributed by atoms with Crippen molar-refractivity contribution in [2.45, 2.75) is 67.0 Å². The van der Waals surface area contributed by atoms with Gasteiger partial charge in [0.1, 0.15) is 0 Å². The number of hydrogen-bond acceptors (Lipinski definition) is 3. The summed E-state index contributed by atoms with van der Waals surface area (Å²) in [7, 11) is 0. The summed E-state index contributed by atoms with van der Waals surface area (Å²) in [5, 5.41) is 17.7. The molecule has 0 saturated heterocycles. The van der Waals surface area contributed by atoms with Gasteiger partial charge >= 0.3 is 0 Å². The summed E-state index contributed by atoms with van der Waals surface area (Å²) in [5.41, 5.74) is 2.43. The lowest BCUT2D eigenvalue weighted by atomic mass is 9.53. The monoisotopic (exact) mass is 438 g/mol. The first-order chi connectivity index (χ1) is 14.6. The van der Waals surface area contributed by atoms with Crippen LogP contribution in [0.15, 0.2) is 58.3 Å². The van der Waals surface area contributed by atoms with Gasteiger partial charge in [0.25, 0.3) is 0 Å². The van der Waals surface area contributed by atoms with Crippen molar-refractivity contribution in [2.24, 2.45) is 17.8 Å². The first-order valence-electron chi connectivity index (χ1n) is 11.1. The van der Waals surface area contributed by atoms with Gasteiger partial charge < -0.3 is 15.7 Å². The van der Waals surface area contributed by atoms with E-state index in [-0.39, 0.29) is 12.1 Å². The third kappa shape index (κ3) is 4.25. The van der Waals surface area contributed by atoms with Crippen LogP contribution in [0.1, 0.15) is 49.7 Å². The highest BCUT2D eigenvalue weighted by molar-refractivity contribution is 7.99. The van der Waals surface area contributed by atoms with Crippen LogP contribution in [0.25, 0.3) is 0 Å². The van der Waals surface area contributed by atoms with Crippen molar-refractivity contribution in [3.05, 3.63) is 59.7 Å². The van der Waals surface area contributed by atoms with E-state index in [0.29, 0.717) is 6.54 Å². The minimum Gasteiger partial charge on any atom is -0.392 e. The Hall–Kier alpha value is -1.56. The highest BCUT2D eigenvalue weighted by Gasteiger charge is 2.51. The molecular formula is C25H30N2OS2. The van der Waals surface area contributed by atoms with Crippen molar-refractivity contribution in [1.29, 1.82) is 0 Å². The van der Waals surface area contributed by atoms with Crippen molar-refractivity contribution in [3.8, 4) is 0 Å². The molecule has 0 unspecified atom stereocenters. The minimum atomic E-state index is 0.0582. The molecule has 6 rings (SSSR count). The Bertz CT molecular complexity index is 894. The van der Waals surface area contributed by atoms with E-state index in [9.17, 15) is 5.11 Å². The smallest absolute Gasteiger partial charge is 0.166 e. The Morgan fingerprint density at radius 1 is 0.900 bits per heavy atom. The minimum absolute atomic E-state index is 0.0582. The molecule has 2 aromatic carbocycles. The Kier molecular flexibility index (Phi) is 5.78. The number of nitrogens with one attached hydrogen (secondary N) is 2. The Morgan fingerprint density at radius 2 is 1.43 bits per heavy atom. The molecule has 30 heavy (non-hydrogen) atoms. The van der Waals surface area contributed by atoms with Gasteiger partial charge in [0.2, 0.25) is 0 Å².